The molecule has 0 fully saturated rings. The highest BCUT2D eigenvalue weighted by molar-refractivity contribution is 5.21. The number of aryl methyl sites for hydroxylation is 1. The smallest absolute Gasteiger partial charge is 0.333 e. The van der Waals surface area contributed by atoms with Crippen molar-refractivity contribution in [3.63, 3.8) is 0 Å². The summed E-state index contributed by atoms with van der Waals surface area (Å²) in [5.74, 6) is 0. The molecular weight excluding hydrogens is 244 g/mol. The van der Waals surface area contributed by atoms with Crippen LogP contribution in [0.15, 0.2) is 46.1 Å². The molecule has 0 saturated carbocycles. The van der Waals surface area contributed by atoms with Gasteiger partial charge in [0.2, 0.25) is 0 Å². The van der Waals surface area contributed by atoms with Crippen LogP contribution >= 0.6 is 0 Å². The van der Waals surface area contributed by atoms with Crippen LogP contribution in [0.5, 0.6) is 0 Å². The lowest BCUT2D eigenvalue weighted by Crippen LogP contribution is -2.39. The Morgan fingerprint density at radius 1 is 1.11 bits per heavy atom. The Labute approximate surface area is 110 Å². The predicted molar refractivity (Wildman–Crippen MR) is 72.3 cm³/mol. The third kappa shape index (κ3) is 3.00. The molecule has 1 aromatic heterocycles. The van der Waals surface area contributed by atoms with Crippen molar-refractivity contribution in [1.29, 1.82) is 0 Å². The van der Waals surface area contributed by atoms with E-state index in [1.165, 1.54) is 28.5 Å². The van der Waals surface area contributed by atoms with Gasteiger partial charge in [0.25, 0.3) is 5.56 Å². The third-order valence-corrected chi connectivity index (χ3v) is 2.87. The summed E-state index contributed by atoms with van der Waals surface area (Å²) in [5, 5.41) is 0. The quantitative estimate of drug-likeness (QED) is 0.823. The van der Waals surface area contributed by atoms with Crippen LogP contribution in [0.2, 0.25) is 0 Å². The van der Waals surface area contributed by atoms with E-state index in [4.69, 9.17) is 4.74 Å². The van der Waals surface area contributed by atoms with Gasteiger partial charge >= 0.3 is 5.69 Å². The Kier molecular flexibility index (Phi) is 3.97. The fourth-order valence-corrected chi connectivity index (χ4v) is 1.82. The molecule has 0 bridgehead atoms. The Hall–Kier alpha value is -2.14. The lowest BCUT2D eigenvalue weighted by molar-refractivity contribution is 0.125. The minimum Gasteiger partial charge on any atom is -0.364 e. The fraction of sp³-hybridized carbons (Fsp3) is 0.286. The van der Waals surface area contributed by atoms with Gasteiger partial charge in [-0.15, -0.1) is 0 Å². The van der Waals surface area contributed by atoms with Crippen molar-refractivity contribution in [2.75, 3.05) is 7.11 Å². The van der Waals surface area contributed by atoms with Crippen LogP contribution in [-0.4, -0.2) is 16.2 Å². The van der Waals surface area contributed by atoms with E-state index < -0.39 is 0 Å². The van der Waals surface area contributed by atoms with Crippen LogP contribution in [-0.2, 0) is 18.0 Å². The van der Waals surface area contributed by atoms with Gasteiger partial charge in [-0.25, -0.2) is 4.79 Å². The second-order valence-electron chi connectivity index (χ2n) is 4.40. The molecule has 100 valence electrons. The molecule has 0 atom stereocenters. The molecule has 2 aromatic rings. The first kappa shape index (κ1) is 13.3. The van der Waals surface area contributed by atoms with Gasteiger partial charge in [0.15, 0.2) is 0 Å². The molecule has 5 heteroatoms. The normalized spacial score (nSPS) is 10.6. The maximum absolute atomic E-state index is 12.1. The molecule has 5 nitrogen and oxygen atoms in total. The molecule has 19 heavy (non-hydrogen) atoms. The average molecular weight is 260 g/mol. The molecule has 1 aromatic carbocycles. The fourth-order valence-electron chi connectivity index (χ4n) is 1.82. The molecule has 0 aliphatic rings. The van der Waals surface area contributed by atoms with Crippen molar-refractivity contribution in [2.45, 2.75) is 20.2 Å². The van der Waals surface area contributed by atoms with E-state index in [1.54, 1.807) is 0 Å². The van der Waals surface area contributed by atoms with Crippen molar-refractivity contribution in [1.82, 2.24) is 9.13 Å². The molecule has 0 aliphatic heterocycles. The van der Waals surface area contributed by atoms with Gasteiger partial charge in [0.05, 0.1) is 6.54 Å². The Balaban J connectivity index is 2.39. The molecule has 0 amide bonds. The highest BCUT2D eigenvalue weighted by Gasteiger charge is 2.05. The summed E-state index contributed by atoms with van der Waals surface area (Å²) in [4.78, 5) is 23.9. The molecule has 0 N–H and O–H groups in total. The van der Waals surface area contributed by atoms with Crippen molar-refractivity contribution < 1.29 is 4.74 Å². The van der Waals surface area contributed by atoms with Crippen LogP contribution in [0.1, 0.15) is 11.1 Å². The van der Waals surface area contributed by atoms with Crippen LogP contribution in [0, 0.1) is 6.92 Å². The van der Waals surface area contributed by atoms with Gasteiger partial charge in [0.1, 0.15) is 6.73 Å². The first-order valence-corrected chi connectivity index (χ1v) is 5.96. The number of ether oxygens (including phenoxy) is 1. The van der Waals surface area contributed by atoms with Crippen molar-refractivity contribution in [2.24, 2.45) is 0 Å². The first-order chi connectivity index (χ1) is 9.11. The van der Waals surface area contributed by atoms with E-state index in [-0.39, 0.29) is 24.5 Å². The second-order valence-corrected chi connectivity index (χ2v) is 4.40. The molecule has 0 spiro atoms. The topological polar surface area (TPSA) is 53.2 Å². The summed E-state index contributed by atoms with van der Waals surface area (Å²) in [7, 11) is 1.50. The molecule has 1 heterocycles. The van der Waals surface area contributed by atoms with Crippen LogP contribution in [0.25, 0.3) is 0 Å². The maximum atomic E-state index is 12.1. The van der Waals surface area contributed by atoms with E-state index in [0.717, 1.165) is 11.1 Å². The number of aromatic nitrogens is 2. The molecule has 0 aliphatic carbocycles. The average Bonchev–Trinajstić information content (AvgIpc) is 2.40. The molecular formula is C14H16N2O3. The summed E-state index contributed by atoms with van der Waals surface area (Å²) >= 11 is 0. The number of benzene rings is 1. The minimum absolute atomic E-state index is 0.132. The minimum atomic E-state index is -0.366. The van der Waals surface area contributed by atoms with E-state index >= 15 is 0 Å². The van der Waals surface area contributed by atoms with Crippen molar-refractivity contribution >= 4 is 0 Å². The van der Waals surface area contributed by atoms with E-state index in [1.807, 2.05) is 31.2 Å². The van der Waals surface area contributed by atoms with Gasteiger partial charge in [-0.3, -0.25) is 13.9 Å². The van der Waals surface area contributed by atoms with E-state index in [9.17, 15) is 9.59 Å². The number of methoxy groups -OCH3 is 1. The number of hydrogen-bond donors (Lipinski definition) is 0. The summed E-state index contributed by atoms with van der Waals surface area (Å²) in [5.41, 5.74) is 1.38. The molecule has 0 saturated heterocycles. The van der Waals surface area contributed by atoms with Crippen LogP contribution in [0.4, 0.5) is 0 Å². The zero-order valence-electron chi connectivity index (χ0n) is 11.0. The summed E-state index contributed by atoms with van der Waals surface area (Å²) < 4.78 is 7.47. The maximum Gasteiger partial charge on any atom is 0.333 e. The Morgan fingerprint density at radius 2 is 1.79 bits per heavy atom. The van der Waals surface area contributed by atoms with Crippen LogP contribution < -0.4 is 11.2 Å². The zero-order valence-corrected chi connectivity index (χ0v) is 11.0. The Bertz CT molecular complexity index is 668. The lowest BCUT2D eigenvalue weighted by Gasteiger charge is -2.09. The van der Waals surface area contributed by atoms with E-state index in [2.05, 4.69) is 0 Å². The van der Waals surface area contributed by atoms with E-state index in [0.29, 0.717) is 0 Å². The summed E-state index contributed by atoms with van der Waals surface area (Å²) in [6.45, 7) is 2.39. The summed E-state index contributed by atoms with van der Waals surface area (Å²) in [6.07, 6.45) is 1.44. The largest absolute Gasteiger partial charge is 0.364 e. The lowest BCUT2D eigenvalue weighted by atomic mass is 10.1. The monoisotopic (exact) mass is 260 g/mol. The van der Waals surface area contributed by atoms with Crippen LogP contribution in [0.3, 0.4) is 0 Å². The molecule has 2 rings (SSSR count). The Morgan fingerprint density at radius 3 is 2.42 bits per heavy atom. The second kappa shape index (κ2) is 5.67. The van der Waals surface area contributed by atoms with Crippen molar-refractivity contribution in [3.05, 3.63) is 68.5 Å². The van der Waals surface area contributed by atoms with Crippen molar-refractivity contribution in [3.8, 4) is 0 Å². The number of nitrogens with zero attached hydrogens (tertiary/aromatic N) is 2. The first-order valence-electron chi connectivity index (χ1n) is 5.96. The summed E-state index contributed by atoms with van der Waals surface area (Å²) in [6, 6.07) is 9.10. The SMILES string of the molecule is COCn1ccc(=O)n(Cc2ccc(C)cc2)c1=O. The van der Waals surface area contributed by atoms with Gasteiger partial charge in [0, 0.05) is 19.4 Å². The molecule has 0 unspecified atom stereocenters. The van der Waals surface area contributed by atoms with Gasteiger partial charge in [-0.05, 0) is 12.5 Å². The van der Waals surface area contributed by atoms with Gasteiger partial charge in [-0.1, -0.05) is 29.8 Å². The number of hydrogen-bond acceptors (Lipinski definition) is 3. The highest BCUT2D eigenvalue weighted by atomic mass is 16.5. The highest BCUT2D eigenvalue weighted by Crippen LogP contribution is 2.03. The number of rotatable bonds is 4. The third-order valence-electron chi connectivity index (χ3n) is 2.87. The van der Waals surface area contributed by atoms with Gasteiger partial charge in [-0.2, -0.15) is 0 Å². The molecule has 0 radical (unpaired) electrons. The standard InChI is InChI=1S/C14H16N2O3/c1-11-3-5-12(6-4-11)9-16-13(17)7-8-15(10-19-2)14(16)18/h3-8H,9-10H2,1-2H3. The predicted octanol–water partition coefficient (Wildman–Crippen LogP) is 0.971. The van der Waals surface area contributed by atoms with Gasteiger partial charge < -0.3 is 4.74 Å². The zero-order chi connectivity index (χ0) is 13.8.